The van der Waals surface area contributed by atoms with Gasteiger partial charge in [0.15, 0.2) is 0 Å². The van der Waals surface area contributed by atoms with Crippen molar-refractivity contribution in [2.75, 3.05) is 0 Å². The maximum Gasteiger partial charge on any atom is 0.461 e. The number of allylic oxidation sites excluding steroid dienone is 1. The molecule has 0 bridgehead atoms. The Morgan fingerprint density at radius 1 is 1.28 bits per heavy atom. The number of fused-ring (bicyclic) bond motifs is 1. The molecule has 0 amide bonds. The van der Waals surface area contributed by atoms with Crippen molar-refractivity contribution in [2.24, 2.45) is 0 Å². The van der Waals surface area contributed by atoms with Crippen LogP contribution in [0.1, 0.15) is 11.3 Å². The van der Waals surface area contributed by atoms with Crippen LogP contribution in [0.15, 0.2) is 22.3 Å². The van der Waals surface area contributed by atoms with E-state index in [1.807, 2.05) is 0 Å². The van der Waals surface area contributed by atoms with E-state index in [1.54, 1.807) is 0 Å². The summed E-state index contributed by atoms with van der Waals surface area (Å²) in [6, 6.07) is 1.18. The molecule has 1 aromatic heterocycles. The maximum absolute atomic E-state index is 12.8. The number of aliphatic hydroxyl groups excluding tert-OH is 1. The number of carbonyl (C=O) groups is 1. The lowest BCUT2D eigenvalue weighted by Gasteiger charge is -2.18. The average Bonchev–Trinajstić information content (AvgIpc) is 2.79. The standard InChI is InChI=1S/C10H5F5O3/c11-9(12,10(13,14)15)8(17)5-3-6-4(7(5)16)1-2-18-6/h1-2,16H,3H2. The zero-order valence-corrected chi connectivity index (χ0v) is 8.52. The fraction of sp³-hybridized carbons (Fsp3) is 0.300. The van der Waals surface area contributed by atoms with Crippen LogP contribution < -0.4 is 0 Å². The van der Waals surface area contributed by atoms with Gasteiger partial charge in [0.25, 0.3) is 0 Å². The highest BCUT2D eigenvalue weighted by atomic mass is 19.4. The summed E-state index contributed by atoms with van der Waals surface area (Å²) in [5, 5.41) is 9.43. The Morgan fingerprint density at radius 3 is 2.39 bits per heavy atom. The highest BCUT2D eigenvalue weighted by molar-refractivity contribution is 6.07. The summed E-state index contributed by atoms with van der Waals surface area (Å²) in [6.07, 6.45) is -5.45. The molecule has 0 saturated carbocycles. The highest BCUT2D eigenvalue weighted by Crippen LogP contribution is 2.41. The van der Waals surface area contributed by atoms with E-state index in [0.29, 0.717) is 0 Å². The monoisotopic (exact) mass is 268 g/mol. The molecule has 0 radical (unpaired) electrons. The summed E-state index contributed by atoms with van der Waals surface area (Å²) in [4.78, 5) is 11.2. The molecule has 18 heavy (non-hydrogen) atoms. The minimum Gasteiger partial charge on any atom is -0.507 e. The number of hydrogen-bond acceptors (Lipinski definition) is 3. The maximum atomic E-state index is 12.8. The number of halogens is 5. The third-order valence-corrected chi connectivity index (χ3v) is 2.54. The number of hydrogen-bond donors (Lipinski definition) is 1. The first-order chi connectivity index (χ1) is 8.16. The zero-order chi connectivity index (χ0) is 13.7. The molecular weight excluding hydrogens is 263 g/mol. The van der Waals surface area contributed by atoms with Gasteiger partial charge in [-0.1, -0.05) is 0 Å². The van der Waals surface area contributed by atoms with E-state index < -0.39 is 35.6 Å². The molecule has 0 spiro atoms. The van der Waals surface area contributed by atoms with Gasteiger partial charge < -0.3 is 9.52 Å². The van der Waals surface area contributed by atoms with Crippen LogP contribution in [0.2, 0.25) is 0 Å². The van der Waals surface area contributed by atoms with E-state index in [1.165, 1.54) is 6.07 Å². The lowest BCUT2D eigenvalue weighted by molar-refractivity contribution is -0.266. The van der Waals surface area contributed by atoms with Crippen LogP contribution in [0.4, 0.5) is 22.0 Å². The molecule has 0 aromatic carbocycles. The molecule has 1 aliphatic rings. The minimum absolute atomic E-state index is 0.0196. The van der Waals surface area contributed by atoms with Gasteiger partial charge in [-0.25, -0.2) is 0 Å². The summed E-state index contributed by atoms with van der Waals surface area (Å²) in [5.41, 5.74) is -1.04. The van der Waals surface area contributed by atoms with Gasteiger partial charge in [0.05, 0.1) is 17.4 Å². The number of carbonyl (C=O) groups excluding carboxylic acids is 1. The van der Waals surface area contributed by atoms with E-state index in [2.05, 4.69) is 0 Å². The Bertz CT molecular complexity index is 538. The van der Waals surface area contributed by atoms with Gasteiger partial charge in [-0.3, -0.25) is 4.79 Å². The SMILES string of the molecule is O=C(C1=C(O)c2ccoc2C1)C(F)(F)C(F)(F)F. The number of Topliss-reactive ketones (excluding diaryl/α,β-unsaturated/α-hetero) is 1. The van der Waals surface area contributed by atoms with E-state index in [0.717, 1.165) is 6.26 Å². The molecule has 0 saturated heterocycles. The second kappa shape index (κ2) is 3.56. The van der Waals surface area contributed by atoms with Gasteiger partial charge >= 0.3 is 12.1 Å². The smallest absolute Gasteiger partial charge is 0.461 e. The summed E-state index contributed by atoms with van der Waals surface area (Å²) in [7, 11) is 0. The van der Waals surface area contributed by atoms with Gasteiger partial charge in [-0.2, -0.15) is 22.0 Å². The number of furan rings is 1. The Hall–Kier alpha value is -1.86. The lowest BCUT2D eigenvalue weighted by Crippen LogP contribution is -2.45. The van der Waals surface area contributed by atoms with E-state index >= 15 is 0 Å². The molecule has 1 aliphatic carbocycles. The normalized spacial score (nSPS) is 16.1. The second-order valence-electron chi connectivity index (χ2n) is 3.66. The minimum atomic E-state index is -6.00. The molecule has 2 rings (SSSR count). The molecule has 1 N–H and O–H groups in total. The van der Waals surface area contributed by atoms with Gasteiger partial charge in [0, 0.05) is 6.42 Å². The lowest BCUT2D eigenvalue weighted by atomic mass is 10.0. The number of ketones is 1. The highest BCUT2D eigenvalue weighted by Gasteiger charge is 2.64. The van der Waals surface area contributed by atoms with Crippen molar-refractivity contribution >= 4 is 11.5 Å². The van der Waals surface area contributed by atoms with Crippen molar-refractivity contribution in [3.05, 3.63) is 29.2 Å². The largest absolute Gasteiger partial charge is 0.507 e. The number of aliphatic hydroxyl groups is 1. The van der Waals surface area contributed by atoms with Crippen molar-refractivity contribution in [2.45, 2.75) is 18.5 Å². The molecule has 0 atom stereocenters. The van der Waals surface area contributed by atoms with Gasteiger partial charge in [0.1, 0.15) is 11.5 Å². The van der Waals surface area contributed by atoms with Gasteiger partial charge in [-0.15, -0.1) is 0 Å². The van der Waals surface area contributed by atoms with Crippen LogP contribution in [0.5, 0.6) is 0 Å². The van der Waals surface area contributed by atoms with Crippen LogP contribution in [0.3, 0.4) is 0 Å². The Morgan fingerprint density at radius 2 is 1.89 bits per heavy atom. The zero-order valence-electron chi connectivity index (χ0n) is 8.52. The van der Waals surface area contributed by atoms with Crippen LogP contribution in [0, 0.1) is 0 Å². The number of alkyl halides is 5. The third kappa shape index (κ3) is 1.59. The molecule has 8 heteroatoms. The molecule has 0 aliphatic heterocycles. The van der Waals surface area contributed by atoms with Crippen molar-refractivity contribution in [1.29, 1.82) is 0 Å². The molecular formula is C10H5F5O3. The topological polar surface area (TPSA) is 50.4 Å². The van der Waals surface area contributed by atoms with Crippen molar-refractivity contribution in [1.82, 2.24) is 0 Å². The fourth-order valence-corrected chi connectivity index (χ4v) is 1.60. The van der Waals surface area contributed by atoms with E-state index in [9.17, 15) is 31.9 Å². The first kappa shape index (κ1) is 12.6. The summed E-state index contributed by atoms with van der Waals surface area (Å²) in [6.45, 7) is 0. The fourth-order valence-electron chi connectivity index (χ4n) is 1.60. The second-order valence-corrected chi connectivity index (χ2v) is 3.66. The third-order valence-electron chi connectivity index (χ3n) is 2.54. The molecule has 3 nitrogen and oxygen atoms in total. The van der Waals surface area contributed by atoms with Crippen LogP contribution in [-0.2, 0) is 11.2 Å². The van der Waals surface area contributed by atoms with Gasteiger partial charge in [-0.05, 0) is 6.07 Å². The van der Waals surface area contributed by atoms with E-state index in [-0.39, 0.29) is 11.3 Å². The Labute approximate surface area is 96.5 Å². The van der Waals surface area contributed by atoms with Gasteiger partial charge in [0.2, 0.25) is 5.78 Å². The molecule has 1 heterocycles. The molecule has 0 fully saturated rings. The van der Waals surface area contributed by atoms with E-state index in [4.69, 9.17) is 4.42 Å². The quantitative estimate of drug-likeness (QED) is 0.839. The Balaban J connectivity index is 2.39. The van der Waals surface area contributed by atoms with Crippen LogP contribution in [0.25, 0.3) is 5.76 Å². The van der Waals surface area contributed by atoms with Crippen LogP contribution in [-0.4, -0.2) is 23.0 Å². The number of rotatable bonds is 2. The van der Waals surface area contributed by atoms with Crippen molar-refractivity contribution in [3.63, 3.8) is 0 Å². The van der Waals surface area contributed by atoms with Crippen LogP contribution >= 0.6 is 0 Å². The molecule has 1 aromatic rings. The predicted octanol–water partition coefficient (Wildman–Crippen LogP) is 2.87. The Kier molecular flexibility index (Phi) is 2.49. The predicted molar refractivity (Wildman–Crippen MR) is 48.0 cm³/mol. The molecule has 98 valence electrons. The van der Waals surface area contributed by atoms with Crippen molar-refractivity contribution in [3.8, 4) is 0 Å². The summed E-state index contributed by atoms with van der Waals surface area (Å²) in [5.74, 6) is -8.90. The average molecular weight is 268 g/mol. The summed E-state index contributed by atoms with van der Waals surface area (Å²) >= 11 is 0. The first-order valence-corrected chi connectivity index (χ1v) is 4.64. The first-order valence-electron chi connectivity index (χ1n) is 4.64. The molecule has 0 unspecified atom stereocenters. The summed E-state index contributed by atoms with van der Waals surface area (Å²) < 4.78 is 66.5. The van der Waals surface area contributed by atoms with Crippen molar-refractivity contribution < 1.29 is 36.3 Å².